The summed E-state index contributed by atoms with van der Waals surface area (Å²) >= 11 is 0. The van der Waals surface area contributed by atoms with E-state index in [1.807, 2.05) is 46.6 Å². The van der Waals surface area contributed by atoms with Gasteiger partial charge in [-0.05, 0) is 51.5 Å². The summed E-state index contributed by atoms with van der Waals surface area (Å²) in [5.74, 6) is -0.0602. The van der Waals surface area contributed by atoms with Crippen molar-refractivity contribution in [2.24, 2.45) is 5.73 Å². The van der Waals surface area contributed by atoms with E-state index in [0.717, 1.165) is 71.4 Å². The Bertz CT molecular complexity index is 1360. The molecule has 0 bridgehead atoms. The van der Waals surface area contributed by atoms with Crippen molar-refractivity contribution in [1.29, 1.82) is 0 Å². The first kappa shape index (κ1) is 35.6. The summed E-state index contributed by atoms with van der Waals surface area (Å²) in [5.41, 5.74) is 5.59. The number of nitrogens with two attached hydrogens (primary N) is 1. The molecule has 0 saturated heterocycles. The molecule has 4 aromatic rings. The molecule has 13 heteroatoms. The molecule has 0 atom stereocenters. The van der Waals surface area contributed by atoms with Gasteiger partial charge in [-0.1, -0.05) is 13.3 Å². The van der Waals surface area contributed by atoms with Gasteiger partial charge in [0.1, 0.15) is 49.6 Å². The number of aryl methyl sites for hydroxylation is 6. The van der Waals surface area contributed by atoms with Crippen molar-refractivity contribution in [2.75, 3.05) is 19.6 Å². The lowest BCUT2D eigenvalue weighted by Gasteiger charge is -2.05. The van der Waals surface area contributed by atoms with Gasteiger partial charge in [0.15, 0.2) is 13.1 Å². The summed E-state index contributed by atoms with van der Waals surface area (Å²) in [5, 5.41) is 5.91. The molecule has 13 nitrogen and oxygen atoms in total. The minimum absolute atomic E-state index is 0.0283. The number of carbonyl (C=O) groups is 2. The van der Waals surface area contributed by atoms with Crippen LogP contribution in [0.1, 0.15) is 58.3 Å². The molecule has 0 spiro atoms. The molecular weight excluding hydrogens is 594 g/mol. The van der Waals surface area contributed by atoms with Crippen LogP contribution >= 0.6 is 0 Å². The van der Waals surface area contributed by atoms with Gasteiger partial charge in [0.25, 0.3) is 11.8 Å². The smallest absolute Gasteiger partial charge is 0.262 e. The van der Waals surface area contributed by atoms with E-state index < -0.39 is 0 Å². The number of aromatic nitrogens is 8. The van der Waals surface area contributed by atoms with Gasteiger partial charge < -0.3 is 16.4 Å². The van der Waals surface area contributed by atoms with Crippen molar-refractivity contribution in [3.8, 4) is 0 Å². The van der Waals surface area contributed by atoms with Crippen molar-refractivity contribution in [1.82, 2.24) is 28.9 Å². The van der Waals surface area contributed by atoms with Crippen molar-refractivity contribution < 1.29 is 27.9 Å². The SMILES string of the molecule is CCCCn1cc[n+](CCCCn2cc[n+](CC(=O)NCCCNC(=O)C[n+]3ccn(CCCCn4cc[n+](CCCN)c4)c3)c2)c1. The number of rotatable bonds is 24. The first-order valence-corrected chi connectivity index (χ1v) is 17.4. The van der Waals surface area contributed by atoms with Crippen LogP contribution in [0.2, 0.25) is 0 Å². The first-order valence-electron chi connectivity index (χ1n) is 17.4. The molecule has 0 unspecified atom stereocenters. The van der Waals surface area contributed by atoms with Crippen LogP contribution < -0.4 is 34.6 Å². The third kappa shape index (κ3) is 13.6. The molecule has 0 aliphatic heterocycles. The second-order valence-electron chi connectivity index (χ2n) is 12.4. The number of carbonyl (C=O) groups excluding carboxylic acids is 2. The molecule has 256 valence electrons. The fraction of sp³-hybridized carbons (Fsp3) is 0.588. The Morgan fingerprint density at radius 3 is 1.43 bits per heavy atom. The topological polar surface area (TPSA) is 119 Å². The summed E-state index contributed by atoms with van der Waals surface area (Å²) < 4.78 is 17.0. The van der Waals surface area contributed by atoms with Crippen LogP contribution in [-0.2, 0) is 61.9 Å². The summed E-state index contributed by atoms with van der Waals surface area (Å²) in [6.45, 7) is 10.4. The zero-order chi connectivity index (χ0) is 33.1. The fourth-order valence-electron chi connectivity index (χ4n) is 5.52. The standard InChI is InChI=1S/C34H55N11O2/c1-2-3-13-38-19-20-39(29-38)14-4-6-16-41-23-25-44(31-41)27-33(46)36-11-9-12-37-34(47)28-45-26-24-42(32-45)17-7-5-15-40-21-22-43(30-40)18-8-10-35/h19-26,29-32H,2-18,27-28,35H2,1H3/q+2/p+2. The monoisotopic (exact) mass is 651 g/mol. The predicted molar refractivity (Wildman–Crippen MR) is 176 cm³/mol. The maximum absolute atomic E-state index is 12.4. The number of amides is 2. The second-order valence-corrected chi connectivity index (χ2v) is 12.4. The minimum atomic E-state index is -0.0320. The number of hydrogen-bond donors (Lipinski definition) is 3. The molecule has 0 fully saturated rings. The molecule has 4 rings (SSSR count). The van der Waals surface area contributed by atoms with Gasteiger partial charge in [-0.25, -0.2) is 36.5 Å². The molecule has 0 aliphatic rings. The highest BCUT2D eigenvalue weighted by Gasteiger charge is 2.12. The van der Waals surface area contributed by atoms with Crippen LogP contribution in [0.3, 0.4) is 0 Å². The number of unbranched alkanes of at least 4 members (excludes halogenated alkanes) is 3. The maximum Gasteiger partial charge on any atom is 0.262 e. The quantitative estimate of drug-likeness (QED) is 0.0756. The number of nitrogens with one attached hydrogen (secondary N) is 2. The van der Waals surface area contributed by atoms with Crippen LogP contribution in [0.4, 0.5) is 0 Å². The predicted octanol–water partition coefficient (Wildman–Crippen LogP) is 0.475. The number of hydrogen-bond acceptors (Lipinski definition) is 3. The largest absolute Gasteiger partial charge is 0.353 e. The van der Waals surface area contributed by atoms with E-state index in [9.17, 15) is 9.59 Å². The van der Waals surface area contributed by atoms with E-state index in [2.05, 4.69) is 82.4 Å². The Morgan fingerprint density at radius 1 is 0.553 bits per heavy atom. The van der Waals surface area contributed by atoms with Crippen LogP contribution in [0, 0.1) is 0 Å². The van der Waals surface area contributed by atoms with Gasteiger partial charge in [-0.3, -0.25) is 9.59 Å². The molecular formula is C34H57N11O2+4. The van der Waals surface area contributed by atoms with Gasteiger partial charge in [-0.2, -0.15) is 0 Å². The Kier molecular flexibility index (Phi) is 15.2. The lowest BCUT2D eigenvalue weighted by atomic mass is 10.3. The summed E-state index contributed by atoms with van der Waals surface area (Å²) in [4.78, 5) is 24.8. The minimum Gasteiger partial charge on any atom is -0.353 e. The molecule has 4 N–H and O–H groups in total. The van der Waals surface area contributed by atoms with Gasteiger partial charge in [-0.15, -0.1) is 0 Å². The molecule has 0 aliphatic carbocycles. The molecule has 0 radical (unpaired) electrons. The van der Waals surface area contributed by atoms with E-state index in [0.29, 0.717) is 26.1 Å². The second kappa shape index (κ2) is 20.1. The van der Waals surface area contributed by atoms with Crippen molar-refractivity contribution >= 4 is 11.8 Å². The average Bonchev–Trinajstić information content (AvgIpc) is 3.88. The van der Waals surface area contributed by atoms with Gasteiger partial charge in [0.2, 0.25) is 25.3 Å². The lowest BCUT2D eigenvalue weighted by molar-refractivity contribution is -0.697. The highest BCUT2D eigenvalue weighted by atomic mass is 16.2. The Balaban J connectivity index is 0.998. The van der Waals surface area contributed by atoms with Crippen LogP contribution in [0.15, 0.2) is 74.9 Å². The van der Waals surface area contributed by atoms with Crippen molar-refractivity contribution in [3.05, 3.63) is 74.9 Å². The highest BCUT2D eigenvalue weighted by molar-refractivity contribution is 5.74. The van der Waals surface area contributed by atoms with E-state index in [1.165, 1.54) is 12.8 Å². The molecule has 47 heavy (non-hydrogen) atoms. The maximum atomic E-state index is 12.4. The summed E-state index contributed by atoms with van der Waals surface area (Å²) in [6.07, 6.45) is 33.2. The van der Waals surface area contributed by atoms with Crippen molar-refractivity contribution in [3.63, 3.8) is 0 Å². The van der Waals surface area contributed by atoms with E-state index in [-0.39, 0.29) is 24.9 Å². The third-order valence-electron chi connectivity index (χ3n) is 8.19. The molecule has 0 aromatic carbocycles. The lowest BCUT2D eigenvalue weighted by Crippen LogP contribution is -2.43. The van der Waals surface area contributed by atoms with E-state index in [1.54, 1.807) is 0 Å². The van der Waals surface area contributed by atoms with Crippen LogP contribution in [0.5, 0.6) is 0 Å². The molecule has 4 heterocycles. The van der Waals surface area contributed by atoms with Crippen molar-refractivity contribution in [2.45, 2.75) is 111 Å². The van der Waals surface area contributed by atoms with Gasteiger partial charge >= 0.3 is 0 Å². The Labute approximate surface area is 279 Å². The van der Waals surface area contributed by atoms with E-state index in [4.69, 9.17) is 5.73 Å². The van der Waals surface area contributed by atoms with Crippen LogP contribution in [0.25, 0.3) is 0 Å². The Hall–Kier alpha value is -4.26. The zero-order valence-corrected chi connectivity index (χ0v) is 28.3. The fourth-order valence-corrected chi connectivity index (χ4v) is 5.52. The normalized spacial score (nSPS) is 11.3. The van der Waals surface area contributed by atoms with Gasteiger partial charge in [0.05, 0.1) is 39.3 Å². The number of imidazole rings is 4. The Morgan fingerprint density at radius 2 is 0.957 bits per heavy atom. The van der Waals surface area contributed by atoms with Gasteiger partial charge in [0, 0.05) is 13.1 Å². The number of nitrogens with zero attached hydrogens (tertiary/aromatic N) is 8. The zero-order valence-electron chi connectivity index (χ0n) is 28.3. The van der Waals surface area contributed by atoms with Crippen LogP contribution in [-0.4, -0.2) is 49.7 Å². The highest BCUT2D eigenvalue weighted by Crippen LogP contribution is 1.99. The molecule has 2 amide bonds. The molecule has 0 saturated carbocycles. The average molecular weight is 652 g/mol. The summed E-state index contributed by atoms with van der Waals surface area (Å²) in [6, 6.07) is 0. The third-order valence-corrected chi connectivity index (χ3v) is 8.19. The van der Waals surface area contributed by atoms with E-state index >= 15 is 0 Å². The first-order chi connectivity index (χ1) is 23.0. The summed E-state index contributed by atoms with van der Waals surface area (Å²) in [7, 11) is 0. The molecule has 4 aromatic heterocycles.